The minimum Gasteiger partial charge on any atom is -0.325 e. The topological polar surface area (TPSA) is 64.0 Å². The fraction of sp³-hybridized carbons (Fsp3) is 0.500. The molecule has 152 valence electrons. The van der Waals surface area contributed by atoms with Gasteiger partial charge in [0, 0.05) is 18.5 Å². The lowest BCUT2D eigenvalue weighted by Crippen LogP contribution is -2.18. The van der Waals surface area contributed by atoms with Crippen LogP contribution >= 0.6 is 11.6 Å². The Morgan fingerprint density at radius 1 is 1.07 bits per heavy atom. The first kappa shape index (κ1) is 22.2. The van der Waals surface area contributed by atoms with Crippen molar-refractivity contribution in [3.8, 4) is 0 Å². The third-order valence-corrected chi connectivity index (χ3v) is 5.25. The van der Waals surface area contributed by atoms with Crippen molar-refractivity contribution in [2.45, 2.75) is 72.1 Å². The van der Waals surface area contributed by atoms with E-state index in [1.165, 1.54) is 30.4 Å². The third kappa shape index (κ3) is 6.20. The van der Waals surface area contributed by atoms with Crippen molar-refractivity contribution in [3.05, 3.63) is 46.2 Å². The van der Waals surface area contributed by atoms with E-state index in [9.17, 15) is 9.59 Å². The smallest absolute Gasteiger partial charge is 0.247 e. The highest BCUT2D eigenvalue weighted by Crippen LogP contribution is 2.21. The molecule has 0 spiro atoms. The summed E-state index contributed by atoms with van der Waals surface area (Å²) in [6.45, 7) is 6.09. The molecule has 0 bridgehead atoms. The van der Waals surface area contributed by atoms with E-state index in [0.717, 1.165) is 29.8 Å². The van der Waals surface area contributed by atoms with Crippen LogP contribution in [0.3, 0.4) is 0 Å². The van der Waals surface area contributed by atoms with Gasteiger partial charge in [-0.25, -0.2) is 4.68 Å². The number of carbonyl (C=O) groups is 2. The van der Waals surface area contributed by atoms with E-state index >= 15 is 0 Å². The Kier molecular flexibility index (Phi) is 8.71. The maximum absolute atomic E-state index is 12.6. The van der Waals surface area contributed by atoms with E-state index in [0.29, 0.717) is 10.7 Å². The minimum atomic E-state index is -0.237. The first-order valence-electron chi connectivity index (χ1n) is 10.1. The first-order chi connectivity index (χ1) is 13.4. The number of rotatable bonds is 10. The molecule has 0 aliphatic carbocycles. The fourth-order valence-corrected chi connectivity index (χ4v) is 3.47. The minimum absolute atomic E-state index is 0.0920. The summed E-state index contributed by atoms with van der Waals surface area (Å²) < 4.78 is 1.46. The molecule has 0 saturated heterocycles. The maximum atomic E-state index is 12.6. The zero-order chi connectivity index (χ0) is 20.5. The number of anilines is 1. The van der Waals surface area contributed by atoms with Crippen LogP contribution in [0, 0.1) is 13.8 Å². The van der Waals surface area contributed by atoms with Crippen LogP contribution in [-0.2, 0) is 11.2 Å². The zero-order valence-electron chi connectivity index (χ0n) is 17.1. The van der Waals surface area contributed by atoms with Crippen LogP contribution in [0.25, 0.3) is 0 Å². The molecule has 0 unspecified atom stereocenters. The highest BCUT2D eigenvalue weighted by Gasteiger charge is 2.17. The number of aryl methyl sites for hydroxylation is 1. The van der Waals surface area contributed by atoms with Crippen molar-refractivity contribution in [3.63, 3.8) is 0 Å². The molecule has 5 nitrogen and oxygen atoms in total. The summed E-state index contributed by atoms with van der Waals surface area (Å²) in [7, 11) is 0. The van der Waals surface area contributed by atoms with E-state index in [1.807, 2.05) is 13.8 Å². The van der Waals surface area contributed by atoms with Gasteiger partial charge in [0.25, 0.3) is 0 Å². The largest absolute Gasteiger partial charge is 0.325 e. The molecule has 0 aliphatic rings. The molecule has 1 aromatic heterocycles. The number of unbranched alkanes of at least 4 members (excludes halogenated alkanes) is 4. The number of halogens is 1. The van der Waals surface area contributed by atoms with Crippen molar-refractivity contribution < 1.29 is 9.59 Å². The second-order valence-corrected chi connectivity index (χ2v) is 7.55. The number of aromatic nitrogens is 2. The Bertz CT molecular complexity index is 814. The van der Waals surface area contributed by atoms with Crippen LogP contribution in [0.15, 0.2) is 24.3 Å². The molecule has 1 heterocycles. The Hall–Kier alpha value is -2.14. The lowest BCUT2D eigenvalue weighted by Gasteiger charge is -2.07. The Morgan fingerprint density at radius 3 is 2.50 bits per heavy atom. The molecule has 0 saturated carbocycles. The van der Waals surface area contributed by atoms with Crippen molar-refractivity contribution in [2.24, 2.45) is 0 Å². The quantitative estimate of drug-likeness (QED) is 0.515. The van der Waals surface area contributed by atoms with Gasteiger partial charge in [-0.05, 0) is 44.4 Å². The fourth-order valence-electron chi connectivity index (χ4n) is 3.29. The van der Waals surface area contributed by atoms with Crippen LogP contribution in [0.2, 0.25) is 5.02 Å². The lowest BCUT2D eigenvalue weighted by atomic mass is 10.0. The molecule has 6 heteroatoms. The van der Waals surface area contributed by atoms with E-state index in [4.69, 9.17) is 11.6 Å². The lowest BCUT2D eigenvalue weighted by molar-refractivity contribution is -0.116. The van der Waals surface area contributed by atoms with Crippen molar-refractivity contribution >= 4 is 29.1 Å². The molecule has 2 aromatic rings. The predicted octanol–water partition coefficient (Wildman–Crippen LogP) is 5.73. The van der Waals surface area contributed by atoms with E-state index in [1.54, 1.807) is 24.3 Å². The molecule has 2 rings (SSSR count). The number of nitrogens with one attached hydrogen (secondary N) is 1. The van der Waals surface area contributed by atoms with Gasteiger partial charge in [0.2, 0.25) is 11.8 Å². The normalized spacial score (nSPS) is 10.9. The van der Waals surface area contributed by atoms with Gasteiger partial charge in [0.1, 0.15) is 0 Å². The molecule has 0 radical (unpaired) electrons. The molecular weight excluding hydrogens is 374 g/mol. The van der Waals surface area contributed by atoms with Crippen LogP contribution in [0.1, 0.15) is 73.6 Å². The first-order valence-corrected chi connectivity index (χ1v) is 10.4. The molecule has 0 atom stereocenters. The van der Waals surface area contributed by atoms with Gasteiger partial charge >= 0.3 is 0 Å². The number of carbonyl (C=O) groups excluding carboxylic acids is 2. The standard InChI is InChI=1S/C22H30ClN3O2/c1-4-5-6-7-8-11-18-16(2)25-26(17(18)3)22(28)15-14-21(27)24-20-13-10-9-12-19(20)23/h9-10,12-13H,4-8,11,14-15H2,1-3H3,(H,24,27). The van der Waals surface area contributed by atoms with E-state index < -0.39 is 0 Å². The number of hydrogen-bond donors (Lipinski definition) is 1. The molecule has 1 N–H and O–H groups in total. The molecular formula is C22H30ClN3O2. The zero-order valence-corrected chi connectivity index (χ0v) is 17.8. The Balaban J connectivity index is 1.89. The van der Waals surface area contributed by atoms with Crippen LogP contribution < -0.4 is 5.32 Å². The number of nitrogens with zero attached hydrogens (tertiary/aromatic N) is 2. The summed E-state index contributed by atoms with van der Waals surface area (Å²) in [5, 5.41) is 7.63. The summed E-state index contributed by atoms with van der Waals surface area (Å²) in [4.78, 5) is 24.7. The molecule has 1 aromatic carbocycles. The van der Waals surface area contributed by atoms with Crippen LogP contribution in [-0.4, -0.2) is 21.6 Å². The molecule has 0 fully saturated rings. The summed E-state index contributed by atoms with van der Waals surface area (Å²) in [6, 6.07) is 7.04. The number of hydrogen-bond acceptors (Lipinski definition) is 3. The number of amides is 1. The summed E-state index contributed by atoms with van der Waals surface area (Å²) >= 11 is 6.04. The number of para-hydroxylation sites is 1. The molecule has 1 amide bonds. The van der Waals surface area contributed by atoms with E-state index in [-0.39, 0.29) is 24.7 Å². The highest BCUT2D eigenvalue weighted by atomic mass is 35.5. The van der Waals surface area contributed by atoms with Gasteiger partial charge in [0.05, 0.1) is 16.4 Å². The highest BCUT2D eigenvalue weighted by molar-refractivity contribution is 6.33. The number of benzene rings is 1. The van der Waals surface area contributed by atoms with Crippen molar-refractivity contribution in [1.29, 1.82) is 0 Å². The van der Waals surface area contributed by atoms with Gasteiger partial charge in [-0.3, -0.25) is 9.59 Å². The van der Waals surface area contributed by atoms with E-state index in [2.05, 4.69) is 17.3 Å². The van der Waals surface area contributed by atoms with Crippen LogP contribution in [0.5, 0.6) is 0 Å². The van der Waals surface area contributed by atoms with Gasteiger partial charge in [0.15, 0.2) is 0 Å². The maximum Gasteiger partial charge on any atom is 0.247 e. The SMILES string of the molecule is CCCCCCCc1c(C)nn(C(=O)CCC(=O)Nc2ccccc2Cl)c1C. The third-order valence-electron chi connectivity index (χ3n) is 4.92. The second-order valence-electron chi connectivity index (χ2n) is 7.15. The predicted molar refractivity (Wildman–Crippen MR) is 114 cm³/mol. The Labute approximate surface area is 172 Å². The summed E-state index contributed by atoms with van der Waals surface area (Å²) in [5.74, 6) is -0.397. The van der Waals surface area contributed by atoms with Gasteiger partial charge < -0.3 is 5.32 Å². The monoisotopic (exact) mass is 403 g/mol. The summed E-state index contributed by atoms with van der Waals surface area (Å²) in [6.07, 6.45) is 7.21. The van der Waals surface area contributed by atoms with Crippen LogP contribution in [0.4, 0.5) is 5.69 Å². The van der Waals surface area contributed by atoms with Crippen molar-refractivity contribution in [2.75, 3.05) is 5.32 Å². The van der Waals surface area contributed by atoms with Gasteiger partial charge in [-0.15, -0.1) is 0 Å². The Morgan fingerprint density at radius 2 is 1.79 bits per heavy atom. The molecule has 28 heavy (non-hydrogen) atoms. The summed E-state index contributed by atoms with van der Waals surface area (Å²) in [5.41, 5.74) is 3.51. The average Bonchev–Trinajstić information content (AvgIpc) is 2.96. The van der Waals surface area contributed by atoms with Gasteiger partial charge in [-0.2, -0.15) is 5.10 Å². The van der Waals surface area contributed by atoms with Crippen molar-refractivity contribution in [1.82, 2.24) is 9.78 Å². The molecule has 0 aliphatic heterocycles. The van der Waals surface area contributed by atoms with Gasteiger partial charge in [-0.1, -0.05) is 56.3 Å². The second kappa shape index (κ2) is 11.0. The average molecular weight is 404 g/mol.